The Balaban J connectivity index is 2.65. The van der Waals surface area contributed by atoms with E-state index in [9.17, 15) is 4.79 Å². The lowest BCUT2D eigenvalue weighted by Gasteiger charge is -2.08. The third kappa shape index (κ3) is 1.93. The molecule has 0 amide bonds. The summed E-state index contributed by atoms with van der Waals surface area (Å²) in [5.74, 6) is -0.0507. The number of aromatic nitrogens is 2. The highest BCUT2D eigenvalue weighted by Crippen LogP contribution is 2.31. The van der Waals surface area contributed by atoms with E-state index >= 15 is 0 Å². The van der Waals surface area contributed by atoms with Gasteiger partial charge in [-0.05, 0) is 12.1 Å². The van der Waals surface area contributed by atoms with Gasteiger partial charge in [0.05, 0.1) is 12.7 Å². The van der Waals surface area contributed by atoms with Crippen LogP contribution in [0.1, 0.15) is 10.5 Å². The third-order valence-corrected chi connectivity index (χ3v) is 2.87. The van der Waals surface area contributed by atoms with E-state index < -0.39 is 5.97 Å². The molecule has 0 aliphatic carbocycles. The Morgan fingerprint density at radius 2 is 2.11 bits per heavy atom. The maximum absolute atomic E-state index is 11.1. The first-order valence-corrected chi connectivity index (χ1v) is 5.53. The van der Waals surface area contributed by atoms with Gasteiger partial charge in [-0.2, -0.15) is 0 Å². The van der Waals surface area contributed by atoms with Crippen molar-refractivity contribution in [3.8, 4) is 17.1 Å². The molecule has 0 spiro atoms. The Kier molecular flexibility index (Phi) is 3.25. The molecule has 1 aromatic heterocycles. The normalized spacial score (nSPS) is 10.4. The van der Waals surface area contributed by atoms with Gasteiger partial charge in [0.25, 0.3) is 0 Å². The van der Waals surface area contributed by atoms with Crippen LogP contribution in [0.3, 0.4) is 0 Å². The van der Waals surface area contributed by atoms with Crippen LogP contribution in [0.5, 0.6) is 5.75 Å². The van der Waals surface area contributed by atoms with E-state index in [1.165, 1.54) is 4.57 Å². The Morgan fingerprint density at radius 3 is 2.67 bits per heavy atom. The Bertz CT molecular complexity index is 607. The van der Waals surface area contributed by atoms with Gasteiger partial charge >= 0.3 is 5.97 Å². The van der Waals surface area contributed by atoms with Gasteiger partial charge in [-0.1, -0.05) is 23.7 Å². The molecule has 0 radical (unpaired) electrons. The number of carboxylic acid groups (broad SMARTS) is 1. The highest BCUT2D eigenvalue weighted by molar-refractivity contribution is 6.32. The number of rotatable bonds is 3. The lowest BCUT2D eigenvalue weighted by molar-refractivity contribution is 0.0687. The van der Waals surface area contributed by atoms with E-state index in [1.807, 2.05) is 12.1 Å². The molecule has 94 valence electrons. The summed E-state index contributed by atoms with van der Waals surface area (Å²) in [6.45, 7) is 0. The van der Waals surface area contributed by atoms with Gasteiger partial charge in [0.1, 0.15) is 11.6 Å². The molecule has 0 fully saturated rings. The van der Waals surface area contributed by atoms with E-state index in [2.05, 4.69) is 4.98 Å². The molecule has 0 saturated carbocycles. The maximum Gasteiger partial charge on any atom is 0.355 e. The summed E-state index contributed by atoms with van der Waals surface area (Å²) in [6, 6.07) is 7.22. The summed E-state index contributed by atoms with van der Waals surface area (Å²) in [4.78, 5) is 15.1. The number of nitrogens with zero attached hydrogens (tertiary/aromatic N) is 2. The number of hydrogen-bond acceptors (Lipinski definition) is 3. The van der Waals surface area contributed by atoms with Gasteiger partial charge in [0, 0.05) is 7.05 Å². The molecule has 18 heavy (non-hydrogen) atoms. The van der Waals surface area contributed by atoms with Crippen LogP contribution < -0.4 is 4.74 Å². The lowest BCUT2D eigenvalue weighted by Crippen LogP contribution is -2.06. The van der Waals surface area contributed by atoms with Gasteiger partial charge in [-0.25, -0.2) is 9.78 Å². The molecule has 0 saturated heterocycles. The molecule has 1 aromatic carbocycles. The van der Waals surface area contributed by atoms with Crippen molar-refractivity contribution in [2.24, 2.45) is 7.05 Å². The fraction of sp³-hybridized carbons (Fsp3) is 0.167. The average molecular weight is 267 g/mol. The number of carboxylic acids is 1. The summed E-state index contributed by atoms with van der Waals surface area (Å²) in [7, 11) is 3.14. The molecule has 0 atom stereocenters. The summed E-state index contributed by atoms with van der Waals surface area (Å²) in [5, 5.41) is 9.02. The van der Waals surface area contributed by atoms with E-state index in [0.29, 0.717) is 17.1 Å². The second-order valence-corrected chi connectivity index (χ2v) is 4.00. The minimum Gasteiger partial charge on any atom is -0.496 e. The predicted molar refractivity (Wildman–Crippen MR) is 67.2 cm³/mol. The van der Waals surface area contributed by atoms with Crippen LogP contribution in [0.25, 0.3) is 11.4 Å². The van der Waals surface area contributed by atoms with Crippen LogP contribution in [-0.4, -0.2) is 27.7 Å². The zero-order chi connectivity index (χ0) is 13.3. The van der Waals surface area contributed by atoms with Crippen LogP contribution in [-0.2, 0) is 7.05 Å². The van der Waals surface area contributed by atoms with Crippen molar-refractivity contribution in [3.05, 3.63) is 35.1 Å². The number of halogens is 1. The first kappa shape index (κ1) is 12.4. The van der Waals surface area contributed by atoms with Crippen molar-refractivity contribution in [1.29, 1.82) is 0 Å². The summed E-state index contributed by atoms with van der Waals surface area (Å²) in [5.41, 5.74) is 0.648. The highest BCUT2D eigenvalue weighted by atomic mass is 35.5. The van der Waals surface area contributed by atoms with Crippen LogP contribution in [0.4, 0.5) is 0 Å². The maximum atomic E-state index is 11.1. The Hall–Kier alpha value is -2.01. The van der Waals surface area contributed by atoms with E-state index in [4.69, 9.17) is 21.4 Å². The van der Waals surface area contributed by atoms with Crippen LogP contribution >= 0.6 is 11.6 Å². The molecular formula is C12H11ClN2O3. The van der Waals surface area contributed by atoms with E-state index in [1.54, 1.807) is 26.3 Å². The average Bonchev–Trinajstić information content (AvgIpc) is 2.64. The number of benzene rings is 1. The zero-order valence-electron chi connectivity index (χ0n) is 9.85. The minimum absolute atomic E-state index is 0.0362. The summed E-state index contributed by atoms with van der Waals surface area (Å²) in [6.07, 6.45) is 0. The first-order chi connectivity index (χ1) is 8.56. The minimum atomic E-state index is -1.11. The smallest absolute Gasteiger partial charge is 0.355 e. The molecule has 0 aliphatic rings. The number of methoxy groups -OCH3 is 1. The van der Waals surface area contributed by atoms with Gasteiger partial charge in [-0.3, -0.25) is 0 Å². The fourth-order valence-corrected chi connectivity index (χ4v) is 2.05. The van der Waals surface area contributed by atoms with Crippen molar-refractivity contribution in [3.63, 3.8) is 0 Å². The van der Waals surface area contributed by atoms with Gasteiger partial charge in [-0.15, -0.1) is 0 Å². The van der Waals surface area contributed by atoms with Crippen LogP contribution in [0.2, 0.25) is 5.15 Å². The molecule has 2 rings (SSSR count). The molecule has 2 aromatic rings. The van der Waals surface area contributed by atoms with E-state index in [0.717, 1.165) is 0 Å². The SMILES string of the molecule is COc1ccccc1-c1nc(Cl)c(C(=O)O)n1C. The molecule has 1 N–H and O–H groups in total. The quantitative estimate of drug-likeness (QED) is 0.927. The van der Waals surface area contributed by atoms with Crippen LogP contribution in [0.15, 0.2) is 24.3 Å². The molecule has 0 unspecified atom stereocenters. The van der Waals surface area contributed by atoms with Crippen molar-refractivity contribution >= 4 is 17.6 Å². The van der Waals surface area contributed by atoms with Gasteiger partial charge in [0.15, 0.2) is 10.8 Å². The molecule has 6 heteroatoms. The number of carbonyl (C=O) groups is 1. The molecular weight excluding hydrogens is 256 g/mol. The van der Waals surface area contributed by atoms with Crippen molar-refractivity contribution < 1.29 is 14.6 Å². The van der Waals surface area contributed by atoms with Gasteiger partial charge in [0.2, 0.25) is 0 Å². The monoisotopic (exact) mass is 266 g/mol. The molecule has 0 bridgehead atoms. The van der Waals surface area contributed by atoms with Crippen LogP contribution in [0, 0.1) is 0 Å². The molecule has 5 nitrogen and oxygen atoms in total. The third-order valence-electron chi connectivity index (χ3n) is 2.60. The fourth-order valence-electron chi connectivity index (χ4n) is 1.77. The topological polar surface area (TPSA) is 64.3 Å². The highest BCUT2D eigenvalue weighted by Gasteiger charge is 2.21. The lowest BCUT2D eigenvalue weighted by atomic mass is 10.2. The van der Waals surface area contributed by atoms with Crippen molar-refractivity contribution in [2.45, 2.75) is 0 Å². The number of para-hydroxylation sites is 1. The Morgan fingerprint density at radius 1 is 1.44 bits per heavy atom. The van der Waals surface area contributed by atoms with Crippen molar-refractivity contribution in [1.82, 2.24) is 9.55 Å². The molecule has 1 heterocycles. The molecule has 0 aliphatic heterocycles. The number of ether oxygens (including phenoxy) is 1. The Labute approximate surface area is 109 Å². The number of imidazole rings is 1. The predicted octanol–water partition coefficient (Wildman–Crippen LogP) is 2.45. The van der Waals surface area contributed by atoms with Gasteiger partial charge < -0.3 is 14.4 Å². The number of aromatic carboxylic acids is 1. The number of hydrogen-bond donors (Lipinski definition) is 1. The second kappa shape index (κ2) is 4.70. The first-order valence-electron chi connectivity index (χ1n) is 5.15. The zero-order valence-corrected chi connectivity index (χ0v) is 10.6. The summed E-state index contributed by atoms with van der Waals surface area (Å²) < 4.78 is 6.65. The summed E-state index contributed by atoms with van der Waals surface area (Å²) >= 11 is 5.84. The van der Waals surface area contributed by atoms with Crippen molar-refractivity contribution in [2.75, 3.05) is 7.11 Å². The largest absolute Gasteiger partial charge is 0.496 e. The van der Waals surface area contributed by atoms with E-state index in [-0.39, 0.29) is 10.8 Å². The standard InChI is InChI=1S/C12H11ClN2O3/c1-15-9(12(16)17)10(13)14-11(15)7-5-3-4-6-8(7)18-2/h3-6H,1-2H3,(H,16,17). The second-order valence-electron chi connectivity index (χ2n) is 3.64.